The number of aliphatic carboxylic acids is 1. The van der Waals surface area contributed by atoms with E-state index in [1.54, 1.807) is 6.92 Å². The Morgan fingerprint density at radius 1 is 1.09 bits per heavy atom. The molecule has 1 heterocycles. The molecule has 180 valence electrons. The van der Waals surface area contributed by atoms with Gasteiger partial charge in [-0.2, -0.15) is 0 Å². The third-order valence-corrected chi connectivity index (χ3v) is 6.89. The van der Waals surface area contributed by atoms with Crippen molar-refractivity contribution in [2.24, 2.45) is 0 Å². The fourth-order valence-corrected chi connectivity index (χ4v) is 5.11. The molecule has 8 nitrogen and oxygen atoms in total. The van der Waals surface area contributed by atoms with Crippen molar-refractivity contribution in [2.45, 2.75) is 43.7 Å². The van der Waals surface area contributed by atoms with Gasteiger partial charge in [0, 0.05) is 19.6 Å². The Morgan fingerprint density at radius 3 is 2.26 bits per heavy atom. The molecule has 2 N–H and O–H groups in total. The maximum Gasteiger partial charge on any atom is 0.408 e. The Morgan fingerprint density at radius 2 is 1.71 bits per heavy atom. The van der Waals surface area contributed by atoms with E-state index in [4.69, 9.17) is 9.47 Å². The number of likely N-dealkylation sites (tertiary alicyclic amines) is 1. The second-order valence-corrected chi connectivity index (χ2v) is 8.81. The summed E-state index contributed by atoms with van der Waals surface area (Å²) in [6.07, 6.45) is 0.478. The number of hydrogen-bond donors (Lipinski definition) is 2. The van der Waals surface area contributed by atoms with Crippen LogP contribution in [0.5, 0.6) is 0 Å². The maximum absolute atomic E-state index is 13.4. The molecular formula is C26H30N2O6. The second-order valence-electron chi connectivity index (χ2n) is 8.81. The molecule has 2 aromatic rings. The smallest absolute Gasteiger partial charge is 0.408 e. The first-order valence-electron chi connectivity index (χ1n) is 11.6. The van der Waals surface area contributed by atoms with Crippen molar-refractivity contribution in [3.8, 4) is 11.1 Å². The van der Waals surface area contributed by atoms with E-state index in [1.165, 1.54) is 12.0 Å². The summed E-state index contributed by atoms with van der Waals surface area (Å²) in [4.78, 5) is 39.3. The molecule has 0 radical (unpaired) electrons. The van der Waals surface area contributed by atoms with Crippen LogP contribution in [0.25, 0.3) is 11.1 Å². The molecule has 1 aliphatic carbocycles. The van der Waals surface area contributed by atoms with Crippen LogP contribution in [0, 0.1) is 0 Å². The van der Waals surface area contributed by atoms with Crippen LogP contribution in [0.2, 0.25) is 0 Å². The molecule has 1 saturated heterocycles. The average molecular weight is 467 g/mol. The van der Waals surface area contributed by atoms with E-state index in [0.29, 0.717) is 19.4 Å². The zero-order valence-electron chi connectivity index (χ0n) is 19.5. The summed E-state index contributed by atoms with van der Waals surface area (Å²) in [6, 6.07) is 15.2. The number of carbonyl (C=O) groups is 3. The minimum absolute atomic E-state index is 0.0879. The molecular weight excluding hydrogens is 436 g/mol. The highest BCUT2D eigenvalue weighted by atomic mass is 16.5. The summed E-state index contributed by atoms with van der Waals surface area (Å²) in [6.45, 7) is 2.11. The highest BCUT2D eigenvalue weighted by molar-refractivity contribution is 5.93. The van der Waals surface area contributed by atoms with Gasteiger partial charge in [-0.05, 0) is 41.5 Å². The minimum atomic E-state index is -1.41. The average Bonchev–Trinajstić information content (AvgIpc) is 3.45. The number of methoxy groups -OCH3 is 1. The monoisotopic (exact) mass is 466 g/mol. The van der Waals surface area contributed by atoms with Gasteiger partial charge in [0.05, 0.1) is 6.61 Å². The van der Waals surface area contributed by atoms with Crippen LogP contribution in [0.4, 0.5) is 4.79 Å². The molecule has 2 amide bonds. The third-order valence-electron chi connectivity index (χ3n) is 6.89. The molecule has 2 aliphatic rings. The molecule has 1 aliphatic heterocycles. The van der Waals surface area contributed by atoms with Gasteiger partial charge in [0.15, 0.2) is 0 Å². The SMILES string of the molecule is CCC(COC)(NC(=O)OCC1c2ccccc2-c2ccccc21)C(=O)N1CCC[C@H]1C(=O)O. The number of fused-ring (bicyclic) bond motifs is 3. The normalized spacial score (nSPS) is 18.6. The second kappa shape index (κ2) is 9.85. The molecule has 34 heavy (non-hydrogen) atoms. The molecule has 1 unspecified atom stereocenters. The summed E-state index contributed by atoms with van der Waals surface area (Å²) in [5, 5.41) is 12.2. The lowest BCUT2D eigenvalue weighted by Crippen LogP contribution is -2.63. The van der Waals surface area contributed by atoms with E-state index in [9.17, 15) is 19.5 Å². The van der Waals surface area contributed by atoms with Crippen molar-refractivity contribution in [1.29, 1.82) is 0 Å². The fourth-order valence-electron chi connectivity index (χ4n) is 5.11. The van der Waals surface area contributed by atoms with E-state index < -0.39 is 29.6 Å². The third kappa shape index (κ3) is 4.25. The number of benzene rings is 2. The first-order valence-corrected chi connectivity index (χ1v) is 11.6. The molecule has 4 rings (SSSR count). The van der Waals surface area contributed by atoms with E-state index in [0.717, 1.165) is 22.3 Å². The van der Waals surface area contributed by atoms with Crippen LogP contribution in [0.1, 0.15) is 43.2 Å². The molecule has 8 heteroatoms. The highest BCUT2D eigenvalue weighted by Gasteiger charge is 2.46. The van der Waals surface area contributed by atoms with E-state index in [2.05, 4.69) is 17.4 Å². The zero-order chi connectivity index (χ0) is 24.3. The Kier molecular flexibility index (Phi) is 6.88. The van der Waals surface area contributed by atoms with Gasteiger partial charge in [-0.3, -0.25) is 4.79 Å². The largest absolute Gasteiger partial charge is 0.480 e. The Bertz CT molecular complexity index is 1040. The summed E-state index contributed by atoms with van der Waals surface area (Å²) >= 11 is 0. The number of rotatable bonds is 8. The number of ether oxygens (including phenoxy) is 2. The number of nitrogens with one attached hydrogen (secondary N) is 1. The first-order chi connectivity index (χ1) is 16.4. The molecule has 0 aromatic heterocycles. The van der Waals surface area contributed by atoms with E-state index >= 15 is 0 Å². The van der Waals surface area contributed by atoms with Crippen molar-refractivity contribution < 1.29 is 29.0 Å². The van der Waals surface area contributed by atoms with Gasteiger partial charge in [0.1, 0.15) is 18.2 Å². The van der Waals surface area contributed by atoms with Crippen LogP contribution in [-0.4, -0.2) is 66.4 Å². The predicted molar refractivity (Wildman–Crippen MR) is 125 cm³/mol. The van der Waals surface area contributed by atoms with Crippen molar-refractivity contribution in [3.05, 3.63) is 59.7 Å². The van der Waals surface area contributed by atoms with E-state index in [-0.39, 0.29) is 25.6 Å². The fraction of sp³-hybridized carbons (Fsp3) is 0.423. The van der Waals surface area contributed by atoms with E-state index in [1.807, 2.05) is 36.4 Å². The summed E-state index contributed by atoms with van der Waals surface area (Å²) in [7, 11) is 1.44. The molecule has 0 spiro atoms. The van der Waals surface area contributed by atoms with Crippen LogP contribution in [0.15, 0.2) is 48.5 Å². The van der Waals surface area contributed by atoms with Gasteiger partial charge in [-0.1, -0.05) is 55.5 Å². The Hall–Kier alpha value is -3.39. The van der Waals surface area contributed by atoms with Crippen LogP contribution in [0.3, 0.4) is 0 Å². The van der Waals surface area contributed by atoms with Gasteiger partial charge in [0.2, 0.25) is 0 Å². The number of carboxylic acids is 1. The lowest BCUT2D eigenvalue weighted by atomic mass is 9.94. The maximum atomic E-state index is 13.4. The van der Waals surface area contributed by atoms with Crippen LogP contribution >= 0.6 is 0 Å². The standard InChI is InChI=1S/C26H30N2O6/c1-3-26(16-33-2,24(31)28-14-8-13-22(28)23(29)30)27-25(32)34-15-21-19-11-6-4-9-17(19)18-10-5-7-12-20(18)21/h4-7,9-12,21-22H,3,8,13-16H2,1-2H3,(H,27,32)(H,29,30)/t22-,26?/m0/s1. The van der Waals surface area contributed by atoms with Gasteiger partial charge < -0.3 is 24.8 Å². The Balaban J connectivity index is 1.50. The van der Waals surface area contributed by atoms with Crippen molar-refractivity contribution in [1.82, 2.24) is 10.2 Å². The molecule has 2 aromatic carbocycles. The predicted octanol–water partition coefficient (Wildman–Crippen LogP) is 3.40. The molecule has 0 bridgehead atoms. The molecule has 2 atom stereocenters. The number of carbonyl (C=O) groups excluding carboxylic acids is 2. The van der Waals surface area contributed by atoms with Gasteiger partial charge >= 0.3 is 12.1 Å². The minimum Gasteiger partial charge on any atom is -0.480 e. The number of amides is 2. The number of carboxylic acid groups (broad SMARTS) is 1. The number of hydrogen-bond acceptors (Lipinski definition) is 5. The number of alkyl carbamates (subject to hydrolysis) is 1. The lowest BCUT2D eigenvalue weighted by Gasteiger charge is -2.36. The number of nitrogens with zero attached hydrogens (tertiary/aromatic N) is 1. The van der Waals surface area contributed by atoms with Crippen LogP contribution < -0.4 is 5.32 Å². The Labute approximate surface area is 198 Å². The topological polar surface area (TPSA) is 105 Å². The van der Waals surface area contributed by atoms with Gasteiger partial charge in [-0.15, -0.1) is 0 Å². The summed E-state index contributed by atoms with van der Waals surface area (Å²) in [5.74, 6) is -1.62. The van der Waals surface area contributed by atoms with Crippen molar-refractivity contribution in [2.75, 3.05) is 26.9 Å². The first kappa shape index (κ1) is 23.8. The quantitative estimate of drug-likeness (QED) is 0.618. The summed E-state index contributed by atoms with van der Waals surface area (Å²) in [5.41, 5.74) is 3.02. The van der Waals surface area contributed by atoms with Gasteiger partial charge in [0.25, 0.3) is 5.91 Å². The van der Waals surface area contributed by atoms with Crippen molar-refractivity contribution in [3.63, 3.8) is 0 Å². The summed E-state index contributed by atoms with van der Waals surface area (Å²) < 4.78 is 10.9. The zero-order valence-corrected chi connectivity index (χ0v) is 19.5. The van der Waals surface area contributed by atoms with Gasteiger partial charge in [-0.25, -0.2) is 9.59 Å². The lowest BCUT2D eigenvalue weighted by molar-refractivity contribution is -0.152. The van der Waals surface area contributed by atoms with Crippen LogP contribution in [-0.2, 0) is 19.1 Å². The molecule has 1 fully saturated rings. The highest BCUT2D eigenvalue weighted by Crippen LogP contribution is 2.44. The molecule has 0 saturated carbocycles. The van der Waals surface area contributed by atoms with Crippen molar-refractivity contribution >= 4 is 18.0 Å².